The van der Waals surface area contributed by atoms with Crippen molar-refractivity contribution in [2.24, 2.45) is 0 Å². The molecule has 0 unspecified atom stereocenters. The topological polar surface area (TPSA) is 64.4 Å². The Morgan fingerprint density at radius 2 is 2.20 bits per heavy atom. The zero-order valence-corrected chi connectivity index (χ0v) is 12.9. The van der Waals surface area contributed by atoms with Crippen molar-refractivity contribution in [1.29, 1.82) is 0 Å². The van der Waals surface area contributed by atoms with E-state index < -0.39 is 4.92 Å². The fraction of sp³-hybridized carbons (Fsp3) is 0.571. The lowest BCUT2D eigenvalue weighted by atomic mass is 10.2. The Bertz CT molecular complexity index is 427. The summed E-state index contributed by atoms with van der Waals surface area (Å²) in [5.74, 6) is 2.22. The molecule has 0 amide bonds. The minimum atomic E-state index is -0.397. The molecule has 0 aromatic heterocycles. The molecular formula is C14H22N2O3S. The highest BCUT2D eigenvalue weighted by atomic mass is 32.2. The number of thioether (sulfide) groups is 1. The Kier molecular flexibility index (Phi) is 8.06. The highest BCUT2D eigenvalue weighted by Gasteiger charge is 2.15. The van der Waals surface area contributed by atoms with Gasteiger partial charge in [-0.05, 0) is 30.3 Å². The average molecular weight is 298 g/mol. The summed E-state index contributed by atoms with van der Waals surface area (Å²) in [6.07, 6.45) is 1.06. The van der Waals surface area contributed by atoms with Gasteiger partial charge in [-0.3, -0.25) is 10.1 Å². The summed E-state index contributed by atoms with van der Waals surface area (Å²) in [6, 6.07) is 5.05. The first-order valence-electron chi connectivity index (χ1n) is 6.87. The Hall–Kier alpha value is -1.27. The first-order valence-corrected chi connectivity index (χ1v) is 8.03. The predicted molar refractivity (Wildman–Crippen MR) is 83.6 cm³/mol. The van der Waals surface area contributed by atoms with Crippen LogP contribution in [-0.2, 0) is 6.54 Å². The number of hydrogen-bond donors (Lipinski definition) is 1. The SMILES string of the molecule is CCCNCc1ccc([N+](=O)[O-])c(OCCSCC)c1. The molecule has 112 valence electrons. The second-order valence-electron chi connectivity index (χ2n) is 4.28. The van der Waals surface area contributed by atoms with Crippen LogP contribution in [0.2, 0.25) is 0 Å². The fourth-order valence-electron chi connectivity index (χ4n) is 1.70. The smallest absolute Gasteiger partial charge is 0.310 e. The third-order valence-corrected chi connectivity index (χ3v) is 3.53. The van der Waals surface area contributed by atoms with Crippen LogP contribution in [0.5, 0.6) is 5.75 Å². The van der Waals surface area contributed by atoms with E-state index in [-0.39, 0.29) is 5.69 Å². The minimum Gasteiger partial charge on any atom is -0.486 e. The van der Waals surface area contributed by atoms with E-state index in [4.69, 9.17) is 4.74 Å². The van der Waals surface area contributed by atoms with Crippen molar-refractivity contribution in [2.45, 2.75) is 26.8 Å². The van der Waals surface area contributed by atoms with E-state index in [0.717, 1.165) is 30.0 Å². The van der Waals surface area contributed by atoms with E-state index in [1.807, 2.05) is 0 Å². The van der Waals surface area contributed by atoms with Crippen molar-refractivity contribution in [2.75, 3.05) is 24.7 Å². The molecule has 1 aromatic carbocycles. The molecule has 1 N–H and O–H groups in total. The molecule has 6 heteroatoms. The molecule has 1 aromatic rings. The molecular weight excluding hydrogens is 276 g/mol. The maximum absolute atomic E-state index is 11.0. The third-order valence-electron chi connectivity index (χ3n) is 2.67. The van der Waals surface area contributed by atoms with Crippen molar-refractivity contribution >= 4 is 17.4 Å². The predicted octanol–water partition coefficient (Wildman–Crippen LogP) is 3.23. The number of nitro benzene ring substituents is 1. The van der Waals surface area contributed by atoms with Crippen LogP contribution in [0.3, 0.4) is 0 Å². The lowest BCUT2D eigenvalue weighted by Crippen LogP contribution is -2.14. The number of nitro groups is 1. The normalized spacial score (nSPS) is 10.5. The number of ether oxygens (including phenoxy) is 1. The molecule has 0 radical (unpaired) electrons. The van der Waals surface area contributed by atoms with Crippen LogP contribution in [0.1, 0.15) is 25.8 Å². The highest BCUT2D eigenvalue weighted by molar-refractivity contribution is 7.99. The molecule has 0 saturated heterocycles. The first-order chi connectivity index (χ1) is 9.69. The largest absolute Gasteiger partial charge is 0.486 e. The van der Waals surface area contributed by atoms with Gasteiger partial charge in [0, 0.05) is 18.4 Å². The van der Waals surface area contributed by atoms with Crippen molar-refractivity contribution in [3.05, 3.63) is 33.9 Å². The zero-order chi connectivity index (χ0) is 14.8. The van der Waals surface area contributed by atoms with Crippen molar-refractivity contribution in [3.8, 4) is 5.75 Å². The van der Waals surface area contributed by atoms with Crippen LogP contribution in [0.4, 0.5) is 5.69 Å². The molecule has 0 heterocycles. The summed E-state index contributed by atoms with van der Waals surface area (Å²) >= 11 is 1.76. The monoisotopic (exact) mass is 298 g/mol. The molecule has 5 nitrogen and oxygen atoms in total. The van der Waals surface area contributed by atoms with Crippen LogP contribution in [0, 0.1) is 10.1 Å². The van der Waals surface area contributed by atoms with Gasteiger partial charge in [0.25, 0.3) is 0 Å². The van der Waals surface area contributed by atoms with E-state index in [1.54, 1.807) is 23.9 Å². The molecule has 0 aliphatic carbocycles. The lowest BCUT2D eigenvalue weighted by Gasteiger charge is -2.09. The summed E-state index contributed by atoms with van der Waals surface area (Å²) in [6.45, 7) is 6.30. The number of benzene rings is 1. The van der Waals surface area contributed by atoms with E-state index in [9.17, 15) is 10.1 Å². The Morgan fingerprint density at radius 1 is 1.40 bits per heavy atom. The number of nitrogens with one attached hydrogen (secondary N) is 1. The fourth-order valence-corrected chi connectivity index (χ4v) is 2.19. The maximum atomic E-state index is 11.0. The summed E-state index contributed by atoms with van der Waals surface area (Å²) in [7, 11) is 0. The summed E-state index contributed by atoms with van der Waals surface area (Å²) in [4.78, 5) is 10.6. The van der Waals surface area contributed by atoms with Crippen molar-refractivity contribution < 1.29 is 9.66 Å². The quantitative estimate of drug-likeness (QED) is 0.408. The number of nitrogens with zero attached hydrogens (tertiary/aromatic N) is 1. The summed E-state index contributed by atoms with van der Waals surface area (Å²) in [5.41, 5.74) is 1.04. The van der Waals surface area contributed by atoms with E-state index in [0.29, 0.717) is 18.9 Å². The van der Waals surface area contributed by atoms with Crippen LogP contribution in [0.25, 0.3) is 0 Å². The maximum Gasteiger partial charge on any atom is 0.310 e. The van der Waals surface area contributed by atoms with Gasteiger partial charge >= 0.3 is 5.69 Å². The van der Waals surface area contributed by atoms with Crippen LogP contribution in [0.15, 0.2) is 18.2 Å². The molecule has 0 fully saturated rings. The number of hydrogen-bond acceptors (Lipinski definition) is 5. The van der Waals surface area contributed by atoms with E-state index in [2.05, 4.69) is 19.2 Å². The van der Waals surface area contributed by atoms with Gasteiger partial charge in [0.05, 0.1) is 11.5 Å². The Balaban J connectivity index is 2.69. The molecule has 1 rings (SSSR count). The second-order valence-corrected chi connectivity index (χ2v) is 5.68. The molecule has 0 aliphatic rings. The third kappa shape index (κ3) is 5.79. The van der Waals surface area contributed by atoms with Gasteiger partial charge in [0.2, 0.25) is 0 Å². The summed E-state index contributed by atoms with van der Waals surface area (Å²) in [5, 5.41) is 14.3. The minimum absolute atomic E-state index is 0.0331. The Labute approximate surface area is 124 Å². The van der Waals surface area contributed by atoms with Crippen LogP contribution >= 0.6 is 11.8 Å². The second kappa shape index (κ2) is 9.61. The highest BCUT2D eigenvalue weighted by Crippen LogP contribution is 2.28. The van der Waals surface area contributed by atoms with Gasteiger partial charge in [0.15, 0.2) is 5.75 Å². The van der Waals surface area contributed by atoms with Crippen molar-refractivity contribution in [3.63, 3.8) is 0 Å². The molecule has 0 bridgehead atoms. The number of rotatable bonds is 10. The Morgan fingerprint density at radius 3 is 2.85 bits per heavy atom. The zero-order valence-electron chi connectivity index (χ0n) is 12.1. The molecule has 0 atom stereocenters. The van der Waals surface area contributed by atoms with Crippen LogP contribution < -0.4 is 10.1 Å². The first kappa shape index (κ1) is 16.8. The molecule has 0 aliphatic heterocycles. The van der Waals surface area contributed by atoms with E-state index >= 15 is 0 Å². The van der Waals surface area contributed by atoms with E-state index in [1.165, 1.54) is 6.07 Å². The molecule has 20 heavy (non-hydrogen) atoms. The van der Waals surface area contributed by atoms with Crippen molar-refractivity contribution in [1.82, 2.24) is 5.32 Å². The molecule has 0 saturated carbocycles. The lowest BCUT2D eigenvalue weighted by molar-refractivity contribution is -0.385. The molecule has 0 spiro atoms. The van der Waals surface area contributed by atoms with Gasteiger partial charge in [-0.1, -0.05) is 19.9 Å². The van der Waals surface area contributed by atoms with Gasteiger partial charge in [-0.15, -0.1) is 0 Å². The van der Waals surface area contributed by atoms with Gasteiger partial charge < -0.3 is 10.1 Å². The van der Waals surface area contributed by atoms with Gasteiger partial charge in [-0.25, -0.2) is 0 Å². The standard InChI is InChI=1S/C14H22N2O3S/c1-3-7-15-11-12-5-6-13(16(17)18)14(10-12)19-8-9-20-4-2/h5-6,10,15H,3-4,7-9,11H2,1-2H3. The van der Waals surface area contributed by atoms with Gasteiger partial charge in [-0.2, -0.15) is 11.8 Å². The average Bonchev–Trinajstić information content (AvgIpc) is 2.44. The van der Waals surface area contributed by atoms with Crippen LogP contribution in [-0.4, -0.2) is 29.6 Å². The summed E-state index contributed by atoms with van der Waals surface area (Å²) < 4.78 is 5.56. The van der Waals surface area contributed by atoms with Gasteiger partial charge in [0.1, 0.15) is 0 Å².